The Labute approximate surface area is 77.4 Å². The molecule has 0 aromatic heterocycles. The van der Waals surface area contributed by atoms with E-state index < -0.39 is 0 Å². The van der Waals surface area contributed by atoms with Crippen LogP contribution in [0.3, 0.4) is 0 Å². The Morgan fingerprint density at radius 2 is 2.00 bits per heavy atom. The summed E-state index contributed by atoms with van der Waals surface area (Å²) in [7, 11) is 0. The highest BCUT2D eigenvalue weighted by molar-refractivity contribution is 5.56. The Morgan fingerprint density at radius 3 is 2.62 bits per heavy atom. The van der Waals surface area contributed by atoms with Crippen LogP contribution in [0.15, 0.2) is 18.2 Å². The molecule has 0 fully saturated rings. The highest BCUT2D eigenvalue weighted by atomic mass is 17.2. The summed E-state index contributed by atoms with van der Waals surface area (Å²) in [5.41, 5.74) is 13.4. The second-order valence-electron chi connectivity index (χ2n) is 2.63. The molecular formula is C9H14N2O2. The lowest BCUT2D eigenvalue weighted by Gasteiger charge is -2.05. The van der Waals surface area contributed by atoms with Crippen molar-refractivity contribution in [1.29, 1.82) is 0 Å². The molecular weight excluding hydrogens is 168 g/mol. The van der Waals surface area contributed by atoms with Crippen LogP contribution in [-0.4, -0.2) is 6.61 Å². The maximum absolute atomic E-state index is 5.69. The molecule has 4 N–H and O–H groups in total. The van der Waals surface area contributed by atoms with E-state index in [1.807, 2.05) is 13.0 Å². The predicted molar refractivity (Wildman–Crippen MR) is 51.7 cm³/mol. The van der Waals surface area contributed by atoms with Crippen molar-refractivity contribution in [2.45, 2.75) is 13.5 Å². The van der Waals surface area contributed by atoms with Gasteiger partial charge in [-0.1, -0.05) is 6.07 Å². The third-order valence-electron chi connectivity index (χ3n) is 1.59. The average molecular weight is 182 g/mol. The van der Waals surface area contributed by atoms with Gasteiger partial charge in [0, 0.05) is 16.9 Å². The molecule has 1 aromatic carbocycles. The van der Waals surface area contributed by atoms with E-state index in [4.69, 9.17) is 21.2 Å². The normalized spacial score (nSPS) is 10.2. The first-order valence-corrected chi connectivity index (χ1v) is 4.12. The Balaban J connectivity index is 2.56. The lowest BCUT2D eigenvalue weighted by atomic mass is 10.2. The molecule has 13 heavy (non-hydrogen) atoms. The molecule has 0 aliphatic rings. The molecule has 1 rings (SSSR count). The maximum Gasteiger partial charge on any atom is 0.109 e. The topological polar surface area (TPSA) is 70.5 Å². The fourth-order valence-corrected chi connectivity index (χ4v) is 0.933. The molecule has 0 aliphatic carbocycles. The Bertz CT molecular complexity index is 276. The van der Waals surface area contributed by atoms with Crippen molar-refractivity contribution >= 4 is 11.4 Å². The first-order chi connectivity index (χ1) is 6.24. The van der Waals surface area contributed by atoms with Crippen molar-refractivity contribution in [3.05, 3.63) is 23.8 Å². The summed E-state index contributed by atoms with van der Waals surface area (Å²) in [6.07, 6.45) is 0. The van der Waals surface area contributed by atoms with E-state index in [0.717, 1.165) is 5.56 Å². The van der Waals surface area contributed by atoms with Gasteiger partial charge in [0.2, 0.25) is 0 Å². The third kappa shape index (κ3) is 2.93. The van der Waals surface area contributed by atoms with Gasteiger partial charge in [-0.25, -0.2) is 9.78 Å². The zero-order valence-corrected chi connectivity index (χ0v) is 7.62. The largest absolute Gasteiger partial charge is 0.399 e. The van der Waals surface area contributed by atoms with Crippen LogP contribution in [0.2, 0.25) is 0 Å². The summed E-state index contributed by atoms with van der Waals surface area (Å²) < 4.78 is 0. The fourth-order valence-electron chi connectivity index (χ4n) is 0.933. The highest BCUT2D eigenvalue weighted by Crippen LogP contribution is 2.16. The van der Waals surface area contributed by atoms with Gasteiger partial charge in [-0.15, -0.1) is 0 Å². The molecule has 0 heterocycles. The molecule has 0 bridgehead atoms. The van der Waals surface area contributed by atoms with Gasteiger partial charge >= 0.3 is 0 Å². The molecule has 0 aliphatic heterocycles. The molecule has 72 valence electrons. The molecule has 0 amide bonds. The minimum Gasteiger partial charge on any atom is -0.399 e. The van der Waals surface area contributed by atoms with E-state index in [-0.39, 0.29) is 0 Å². The van der Waals surface area contributed by atoms with E-state index >= 15 is 0 Å². The fraction of sp³-hybridized carbons (Fsp3) is 0.333. The predicted octanol–water partition coefficient (Wildman–Crippen LogP) is 1.32. The van der Waals surface area contributed by atoms with Crippen LogP contribution in [0.5, 0.6) is 0 Å². The molecule has 4 nitrogen and oxygen atoms in total. The molecule has 0 atom stereocenters. The quantitative estimate of drug-likeness (QED) is 0.319. The Hall–Kier alpha value is -1.26. The van der Waals surface area contributed by atoms with Crippen LogP contribution in [0.1, 0.15) is 12.5 Å². The van der Waals surface area contributed by atoms with Gasteiger partial charge in [-0.2, -0.15) is 0 Å². The first kappa shape index (κ1) is 9.83. The number of nitrogens with two attached hydrogens (primary N) is 2. The second kappa shape index (κ2) is 4.69. The van der Waals surface area contributed by atoms with Crippen molar-refractivity contribution < 1.29 is 9.78 Å². The summed E-state index contributed by atoms with van der Waals surface area (Å²) in [5.74, 6) is 0. The number of hydrogen-bond acceptors (Lipinski definition) is 4. The van der Waals surface area contributed by atoms with Crippen LogP contribution < -0.4 is 11.5 Å². The average Bonchev–Trinajstić information content (AvgIpc) is 2.09. The van der Waals surface area contributed by atoms with Gasteiger partial charge < -0.3 is 11.5 Å². The Morgan fingerprint density at radius 1 is 1.23 bits per heavy atom. The van der Waals surface area contributed by atoms with Crippen molar-refractivity contribution in [1.82, 2.24) is 0 Å². The molecule has 1 aromatic rings. The van der Waals surface area contributed by atoms with Crippen molar-refractivity contribution in [3.63, 3.8) is 0 Å². The van der Waals surface area contributed by atoms with Crippen molar-refractivity contribution in [2.24, 2.45) is 0 Å². The zero-order chi connectivity index (χ0) is 9.68. The molecule has 0 radical (unpaired) electrons. The van der Waals surface area contributed by atoms with Crippen LogP contribution in [0.4, 0.5) is 11.4 Å². The highest BCUT2D eigenvalue weighted by Gasteiger charge is 1.99. The molecule has 0 spiro atoms. The van der Waals surface area contributed by atoms with Crippen LogP contribution in [0.25, 0.3) is 0 Å². The summed E-state index contributed by atoms with van der Waals surface area (Å²) in [6, 6.07) is 5.30. The van der Waals surface area contributed by atoms with E-state index in [0.29, 0.717) is 24.6 Å². The van der Waals surface area contributed by atoms with E-state index in [9.17, 15) is 0 Å². The smallest absolute Gasteiger partial charge is 0.109 e. The maximum atomic E-state index is 5.69. The summed E-state index contributed by atoms with van der Waals surface area (Å²) >= 11 is 0. The number of hydrogen-bond donors (Lipinski definition) is 2. The number of anilines is 2. The number of benzene rings is 1. The lowest BCUT2D eigenvalue weighted by Crippen LogP contribution is -2.00. The SMILES string of the molecule is CCOOCc1ccc(N)cc1N. The first-order valence-electron chi connectivity index (χ1n) is 4.12. The van der Waals surface area contributed by atoms with E-state index in [1.165, 1.54) is 0 Å². The second-order valence-corrected chi connectivity index (χ2v) is 2.63. The molecule has 0 unspecified atom stereocenters. The molecule has 0 saturated carbocycles. The molecule has 4 heteroatoms. The number of rotatable bonds is 4. The lowest BCUT2D eigenvalue weighted by molar-refractivity contribution is -0.300. The summed E-state index contributed by atoms with van der Waals surface area (Å²) in [6.45, 7) is 2.72. The van der Waals surface area contributed by atoms with Gasteiger partial charge in [0.25, 0.3) is 0 Å². The van der Waals surface area contributed by atoms with Crippen LogP contribution in [-0.2, 0) is 16.4 Å². The minimum absolute atomic E-state index is 0.347. The number of nitrogen functional groups attached to an aromatic ring is 2. The third-order valence-corrected chi connectivity index (χ3v) is 1.59. The minimum atomic E-state index is 0.347. The van der Waals surface area contributed by atoms with E-state index in [1.54, 1.807) is 12.1 Å². The standard InChI is InChI=1S/C9H14N2O2/c1-2-12-13-6-7-3-4-8(10)5-9(7)11/h3-5H,2,6,10-11H2,1H3. The monoisotopic (exact) mass is 182 g/mol. The molecule has 0 saturated heterocycles. The van der Waals surface area contributed by atoms with Gasteiger partial charge in [-0.05, 0) is 19.1 Å². The van der Waals surface area contributed by atoms with Gasteiger partial charge in [0.05, 0.1) is 6.61 Å². The van der Waals surface area contributed by atoms with Gasteiger partial charge in [0.15, 0.2) is 0 Å². The van der Waals surface area contributed by atoms with Crippen molar-refractivity contribution in [2.75, 3.05) is 18.1 Å². The Kier molecular flexibility index (Phi) is 3.54. The van der Waals surface area contributed by atoms with Crippen molar-refractivity contribution in [3.8, 4) is 0 Å². The van der Waals surface area contributed by atoms with Crippen LogP contribution in [0, 0.1) is 0 Å². The summed E-state index contributed by atoms with van der Waals surface area (Å²) in [4.78, 5) is 9.60. The van der Waals surface area contributed by atoms with E-state index in [2.05, 4.69) is 0 Å². The zero-order valence-electron chi connectivity index (χ0n) is 7.62. The summed E-state index contributed by atoms with van der Waals surface area (Å²) in [5, 5.41) is 0. The van der Waals surface area contributed by atoms with Crippen LogP contribution >= 0.6 is 0 Å². The van der Waals surface area contributed by atoms with Gasteiger partial charge in [0.1, 0.15) is 6.61 Å². The van der Waals surface area contributed by atoms with Gasteiger partial charge in [-0.3, -0.25) is 0 Å².